The Hall–Kier alpha value is -1.62. The molecule has 2 aromatic rings. The molecule has 5 heteroatoms. The molecule has 2 rings (SSSR count). The molecule has 0 saturated heterocycles. The summed E-state index contributed by atoms with van der Waals surface area (Å²) in [5.74, 6) is 0. The highest BCUT2D eigenvalue weighted by molar-refractivity contribution is 9.10. The van der Waals surface area contributed by atoms with Crippen LogP contribution < -0.4 is 11.2 Å². The molecule has 82 valence electrons. The molecular formula is C11H9BrN2O2. The van der Waals surface area contributed by atoms with Gasteiger partial charge in [-0.25, -0.2) is 4.79 Å². The number of aromatic nitrogens is 2. The fourth-order valence-electron chi connectivity index (χ4n) is 1.44. The minimum absolute atomic E-state index is 0.362. The second-order valence-corrected chi connectivity index (χ2v) is 4.16. The molecule has 1 heterocycles. The fourth-order valence-corrected chi connectivity index (χ4v) is 1.94. The monoisotopic (exact) mass is 280 g/mol. The average molecular weight is 281 g/mol. The van der Waals surface area contributed by atoms with Crippen LogP contribution in [0.4, 0.5) is 0 Å². The van der Waals surface area contributed by atoms with Crippen molar-refractivity contribution in [3.05, 3.63) is 66.9 Å². The van der Waals surface area contributed by atoms with Crippen molar-refractivity contribution < 1.29 is 0 Å². The van der Waals surface area contributed by atoms with Crippen LogP contribution in [-0.2, 0) is 6.42 Å². The SMILES string of the molecule is O=c1[nH]c(Br)c(Cc2ccccc2)c(=O)[nH]1. The zero-order valence-electron chi connectivity index (χ0n) is 8.29. The van der Waals surface area contributed by atoms with Gasteiger partial charge in [0.1, 0.15) is 0 Å². The first kappa shape index (κ1) is 10.9. The first-order chi connectivity index (χ1) is 7.66. The fraction of sp³-hybridized carbons (Fsp3) is 0.0909. The quantitative estimate of drug-likeness (QED) is 0.817. The number of nitrogens with one attached hydrogen (secondary N) is 2. The van der Waals surface area contributed by atoms with Crippen LogP contribution in [0.3, 0.4) is 0 Å². The topological polar surface area (TPSA) is 65.7 Å². The molecule has 0 bridgehead atoms. The zero-order valence-corrected chi connectivity index (χ0v) is 9.87. The summed E-state index contributed by atoms with van der Waals surface area (Å²) >= 11 is 3.18. The number of rotatable bonds is 2. The molecule has 4 nitrogen and oxygen atoms in total. The largest absolute Gasteiger partial charge is 0.326 e. The van der Waals surface area contributed by atoms with Crippen molar-refractivity contribution in [2.24, 2.45) is 0 Å². The minimum atomic E-state index is -0.506. The van der Waals surface area contributed by atoms with E-state index in [-0.39, 0.29) is 5.56 Å². The number of aromatic amines is 2. The van der Waals surface area contributed by atoms with Gasteiger partial charge in [-0.3, -0.25) is 9.78 Å². The second kappa shape index (κ2) is 4.49. The third kappa shape index (κ3) is 2.30. The average Bonchev–Trinajstić information content (AvgIpc) is 2.25. The first-order valence-corrected chi connectivity index (χ1v) is 5.51. The highest BCUT2D eigenvalue weighted by Crippen LogP contribution is 2.12. The summed E-state index contributed by atoms with van der Waals surface area (Å²) in [4.78, 5) is 27.2. The summed E-state index contributed by atoms with van der Waals surface area (Å²) in [5.41, 5.74) is 0.666. The molecule has 0 spiro atoms. The van der Waals surface area contributed by atoms with Gasteiger partial charge in [0.05, 0.1) is 10.2 Å². The highest BCUT2D eigenvalue weighted by atomic mass is 79.9. The summed E-state index contributed by atoms with van der Waals surface area (Å²) in [6, 6.07) is 9.58. The van der Waals surface area contributed by atoms with Crippen LogP contribution in [0.25, 0.3) is 0 Å². The van der Waals surface area contributed by atoms with E-state index in [1.54, 1.807) is 0 Å². The van der Waals surface area contributed by atoms with Gasteiger partial charge in [0, 0.05) is 6.42 Å². The van der Waals surface area contributed by atoms with E-state index in [0.29, 0.717) is 16.6 Å². The molecular weight excluding hydrogens is 272 g/mol. The van der Waals surface area contributed by atoms with Crippen LogP contribution in [0.5, 0.6) is 0 Å². The predicted molar refractivity (Wildman–Crippen MR) is 64.6 cm³/mol. The molecule has 16 heavy (non-hydrogen) atoms. The van der Waals surface area contributed by atoms with E-state index in [0.717, 1.165) is 5.56 Å². The molecule has 0 aliphatic rings. The zero-order chi connectivity index (χ0) is 11.5. The van der Waals surface area contributed by atoms with Crippen molar-refractivity contribution in [3.63, 3.8) is 0 Å². The van der Waals surface area contributed by atoms with Crippen molar-refractivity contribution >= 4 is 15.9 Å². The van der Waals surface area contributed by atoms with Gasteiger partial charge in [-0.05, 0) is 21.5 Å². The Bertz CT molecular complexity index is 601. The van der Waals surface area contributed by atoms with E-state index in [2.05, 4.69) is 25.9 Å². The van der Waals surface area contributed by atoms with Crippen LogP contribution in [0.15, 0.2) is 44.5 Å². The summed E-state index contributed by atoms with van der Waals surface area (Å²) in [7, 11) is 0. The van der Waals surface area contributed by atoms with Gasteiger partial charge in [-0.15, -0.1) is 0 Å². The summed E-state index contributed by atoms with van der Waals surface area (Å²) < 4.78 is 0.435. The van der Waals surface area contributed by atoms with Crippen molar-refractivity contribution in [1.29, 1.82) is 0 Å². The number of benzene rings is 1. The predicted octanol–water partition coefficient (Wildman–Crippen LogP) is 1.42. The smallest absolute Gasteiger partial charge is 0.301 e. The van der Waals surface area contributed by atoms with Crippen LogP contribution in [-0.4, -0.2) is 9.97 Å². The van der Waals surface area contributed by atoms with Crippen LogP contribution in [0.2, 0.25) is 0 Å². The van der Waals surface area contributed by atoms with Crippen LogP contribution in [0, 0.1) is 0 Å². The van der Waals surface area contributed by atoms with E-state index < -0.39 is 5.69 Å². The number of halogens is 1. The molecule has 0 atom stereocenters. The number of H-pyrrole nitrogens is 2. The van der Waals surface area contributed by atoms with E-state index in [1.165, 1.54) is 0 Å². The van der Waals surface area contributed by atoms with E-state index in [4.69, 9.17) is 0 Å². The third-order valence-corrected chi connectivity index (χ3v) is 2.89. The molecule has 1 aromatic heterocycles. The van der Waals surface area contributed by atoms with E-state index >= 15 is 0 Å². The van der Waals surface area contributed by atoms with Crippen molar-refractivity contribution in [3.8, 4) is 0 Å². The lowest BCUT2D eigenvalue weighted by Gasteiger charge is -2.02. The van der Waals surface area contributed by atoms with Crippen molar-refractivity contribution in [2.75, 3.05) is 0 Å². The van der Waals surface area contributed by atoms with Gasteiger partial charge < -0.3 is 4.98 Å². The Kier molecular flexibility index (Phi) is 3.05. The van der Waals surface area contributed by atoms with Crippen molar-refractivity contribution in [1.82, 2.24) is 9.97 Å². The highest BCUT2D eigenvalue weighted by Gasteiger charge is 2.07. The van der Waals surface area contributed by atoms with E-state index in [1.807, 2.05) is 30.3 Å². The summed E-state index contributed by atoms with van der Waals surface area (Å²) in [6.07, 6.45) is 0.480. The third-order valence-electron chi connectivity index (χ3n) is 2.21. The first-order valence-electron chi connectivity index (χ1n) is 4.72. The molecule has 0 amide bonds. The van der Waals surface area contributed by atoms with Crippen LogP contribution in [0.1, 0.15) is 11.1 Å². The van der Waals surface area contributed by atoms with Gasteiger partial charge in [0.2, 0.25) is 0 Å². The maximum absolute atomic E-state index is 11.6. The molecule has 0 aliphatic carbocycles. The number of hydrogen-bond acceptors (Lipinski definition) is 2. The minimum Gasteiger partial charge on any atom is -0.301 e. The van der Waals surface area contributed by atoms with Crippen LogP contribution >= 0.6 is 15.9 Å². The molecule has 1 aromatic carbocycles. The number of hydrogen-bond donors (Lipinski definition) is 2. The van der Waals surface area contributed by atoms with Gasteiger partial charge in [0.25, 0.3) is 5.56 Å². The lowest BCUT2D eigenvalue weighted by Crippen LogP contribution is -2.26. The standard InChI is InChI=1S/C11H9BrN2O2/c12-9-8(10(15)14-11(16)13-9)6-7-4-2-1-3-5-7/h1-5H,6H2,(H2,13,14,15,16). The molecule has 0 aliphatic heterocycles. The van der Waals surface area contributed by atoms with Crippen molar-refractivity contribution in [2.45, 2.75) is 6.42 Å². The second-order valence-electron chi connectivity index (χ2n) is 3.36. The normalized spacial score (nSPS) is 10.3. The Morgan fingerprint density at radius 2 is 1.75 bits per heavy atom. The van der Waals surface area contributed by atoms with E-state index in [9.17, 15) is 9.59 Å². The molecule has 0 unspecified atom stereocenters. The maximum atomic E-state index is 11.6. The molecule has 2 N–H and O–H groups in total. The Morgan fingerprint density at radius 1 is 1.06 bits per heavy atom. The maximum Gasteiger partial charge on any atom is 0.326 e. The lowest BCUT2D eigenvalue weighted by atomic mass is 10.1. The summed E-state index contributed by atoms with van der Waals surface area (Å²) in [5, 5.41) is 0. The molecule has 0 fully saturated rings. The van der Waals surface area contributed by atoms with Gasteiger partial charge in [0.15, 0.2) is 0 Å². The summed E-state index contributed by atoms with van der Waals surface area (Å²) in [6.45, 7) is 0. The Morgan fingerprint density at radius 3 is 2.38 bits per heavy atom. The Labute approximate surface area is 99.5 Å². The molecule has 0 radical (unpaired) electrons. The molecule has 0 saturated carbocycles. The Balaban J connectivity index is 2.43. The van der Waals surface area contributed by atoms with Gasteiger partial charge >= 0.3 is 5.69 Å². The van der Waals surface area contributed by atoms with Gasteiger partial charge in [-0.1, -0.05) is 30.3 Å². The van der Waals surface area contributed by atoms with Gasteiger partial charge in [-0.2, -0.15) is 0 Å². The lowest BCUT2D eigenvalue weighted by molar-refractivity contribution is 0.953.